The maximum atomic E-state index is 12.8. The van der Waals surface area contributed by atoms with Crippen molar-refractivity contribution in [2.75, 3.05) is 5.32 Å². The number of hydrogen-bond donors (Lipinski definition) is 2. The molecule has 0 aromatic heterocycles. The fourth-order valence-electron chi connectivity index (χ4n) is 2.59. The smallest absolute Gasteiger partial charge is 0.373 e. The Balaban J connectivity index is 1.97. The van der Waals surface area contributed by atoms with Gasteiger partial charge in [-0.25, -0.2) is 0 Å². The molecular formula is C18H14F3NO4S. The SMILES string of the molecule is CC(O)(C(=O)Nc1ccc2c(c1)S(=O)Cc1ccccc1C2=O)C(F)(F)F. The van der Waals surface area contributed by atoms with Crippen LogP contribution in [-0.2, 0) is 21.3 Å². The van der Waals surface area contributed by atoms with E-state index in [4.69, 9.17) is 0 Å². The summed E-state index contributed by atoms with van der Waals surface area (Å²) < 4.78 is 50.9. The third-order valence-corrected chi connectivity index (χ3v) is 5.67. The van der Waals surface area contributed by atoms with Gasteiger partial charge in [0.15, 0.2) is 5.78 Å². The molecule has 0 spiro atoms. The lowest BCUT2D eigenvalue weighted by Crippen LogP contribution is -2.52. The molecule has 0 radical (unpaired) electrons. The summed E-state index contributed by atoms with van der Waals surface area (Å²) in [6.07, 6.45) is -5.16. The molecule has 1 heterocycles. The summed E-state index contributed by atoms with van der Waals surface area (Å²) in [5.74, 6) is -1.97. The molecule has 2 unspecified atom stereocenters. The monoisotopic (exact) mass is 397 g/mol. The highest BCUT2D eigenvalue weighted by Crippen LogP contribution is 2.32. The first-order valence-corrected chi connectivity index (χ1v) is 9.10. The number of carbonyl (C=O) groups is 2. The number of fused-ring (bicyclic) bond motifs is 2. The Morgan fingerprint density at radius 1 is 1.15 bits per heavy atom. The molecule has 142 valence electrons. The van der Waals surface area contributed by atoms with Gasteiger partial charge in [-0.3, -0.25) is 13.8 Å². The molecule has 1 amide bonds. The number of aliphatic hydroxyl groups is 1. The minimum absolute atomic E-state index is 0.0621. The van der Waals surface area contributed by atoms with Crippen LogP contribution in [0.1, 0.15) is 28.4 Å². The summed E-state index contributed by atoms with van der Waals surface area (Å²) in [6.45, 7) is 0.337. The number of alkyl halides is 3. The Bertz CT molecular complexity index is 969. The Kier molecular flexibility index (Phi) is 4.69. The normalized spacial score (nSPS) is 18.7. The van der Waals surface area contributed by atoms with E-state index >= 15 is 0 Å². The number of nitrogens with one attached hydrogen (secondary N) is 1. The zero-order valence-electron chi connectivity index (χ0n) is 14.0. The lowest BCUT2D eigenvalue weighted by atomic mass is 9.99. The predicted octanol–water partition coefficient (Wildman–Crippen LogP) is 2.79. The van der Waals surface area contributed by atoms with Crippen molar-refractivity contribution >= 4 is 28.2 Å². The van der Waals surface area contributed by atoms with Crippen molar-refractivity contribution in [3.63, 3.8) is 0 Å². The molecule has 1 aliphatic heterocycles. The zero-order chi connectivity index (χ0) is 20.0. The molecular weight excluding hydrogens is 383 g/mol. The van der Waals surface area contributed by atoms with Crippen LogP contribution in [0, 0.1) is 0 Å². The second-order valence-electron chi connectivity index (χ2n) is 6.21. The van der Waals surface area contributed by atoms with Crippen LogP contribution in [0.2, 0.25) is 0 Å². The van der Waals surface area contributed by atoms with E-state index in [-0.39, 0.29) is 27.7 Å². The number of hydrogen-bond acceptors (Lipinski definition) is 4. The minimum atomic E-state index is -5.16. The largest absolute Gasteiger partial charge is 0.426 e. The van der Waals surface area contributed by atoms with Crippen molar-refractivity contribution in [3.05, 3.63) is 59.2 Å². The van der Waals surface area contributed by atoms with Crippen LogP contribution in [0.5, 0.6) is 0 Å². The van der Waals surface area contributed by atoms with Gasteiger partial charge < -0.3 is 10.4 Å². The maximum absolute atomic E-state index is 12.8. The van der Waals surface area contributed by atoms with Gasteiger partial charge in [-0.2, -0.15) is 13.2 Å². The maximum Gasteiger partial charge on any atom is 0.426 e. The molecule has 2 aromatic carbocycles. The molecule has 0 fully saturated rings. The fourth-order valence-corrected chi connectivity index (χ4v) is 3.94. The summed E-state index contributed by atoms with van der Waals surface area (Å²) in [5, 5.41) is 11.4. The Labute approximate surface area is 154 Å². The Morgan fingerprint density at radius 3 is 2.48 bits per heavy atom. The minimum Gasteiger partial charge on any atom is -0.373 e. The van der Waals surface area contributed by atoms with E-state index < -0.39 is 28.5 Å². The molecule has 0 saturated carbocycles. The number of amides is 1. The first kappa shape index (κ1) is 19.2. The van der Waals surface area contributed by atoms with Crippen LogP contribution in [0.4, 0.5) is 18.9 Å². The van der Waals surface area contributed by atoms with Gasteiger partial charge in [-0.15, -0.1) is 0 Å². The summed E-state index contributed by atoms with van der Waals surface area (Å²) >= 11 is 0. The van der Waals surface area contributed by atoms with E-state index in [1.54, 1.807) is 24.3 Å². The fraction of sp³-hybridized carbons (Fsp3) is 0.222. The molecule has 3 rings (SSSR count). The van der Waals surface area contributed by atoms with Crippen molar-refractivity contribution < 1.29 is 32.1 Å². The van der Waals surface area contributed by atoms with Crippen LogP contribution in [-0.4, -0.2) is 32.8 Å². The van der Waals surface area contributed by atoms with Crippen molar-refractivity contribution in [2.45, 2.75) is 29.3 Å². The molecule has 0 saturated heterocycles. The first-order chi connectivity index (χ1) is 12.5. The molecule has 0 aliphatic carbocycles. The topological polar surface area (TPSA) is 83.5 Å². The second kappa shape index (κ2) is 6.58. The van der Waals surface area contributed by atoms with Gasteiger partial charge in [-0.1, -0.05) is 24.3 Å². The molecule has 9 heteroatoms. The van der Waals surface area contributed by atoms with Crippen molar-refractivity contribution in [2.24, 2.45) is 0 Å². The summed E-state index contributed by atoms with van der Waals surface area (Å²) in [4.78, 5) is 24.6. The zero-order valence-corrected chi connectivity index (χ0v) is 14.8. The van der Waals surface area contributed by atoms with Crippen molar-refractivity contribution in [1.29, 1.82) is 0 Å². The summed E-state index contributed by atoms with van der Waals surface area (Å²) in [7, 11) is -1.63. The van der Waals surface area contributed by atoms with E-state index in [1.165, 1.54) is 18.2 Å². The van der Waals surface area contributed by atoms with E-state index in [0.717, 1.165) is 0 Å². The predicted molar refractivity (Wildman–Crippen MR) is 91.7 cm³/mol. The van der Waals surface area contributed by atoms with Crippen molar-refractivity contribution in [1.82, 2.24) is 0 Å². The first-order valence-electron chi connectivity index (χ1n) is 7.78. The van der Waals surface area contributed by atoms with Crippen molar-refractivity contribution in [3.8, 4) is 0 Å². The average molecular weight is 397 g/mol. The lowest BCUT2D eigenvalue weighted by Gasteiger charge is -2.25. The molecule has 0 bridgehead atoms. The second-order valence-corrected chi connectivity index (χ2v) is 7.63. The quantitative estimate of drug-likeness (QED) is 0.816. The lowest BCUT2D eigenvalue weighted by molar-refractivity contribution is -0.242. The summed E-state index contributed by atoms with van der Waals surface area (Å²) in [5.41, 5.74) is -2.54. The number of carbonyl (C=O) groups excluding carboxylic acids is 2. The van der Waals surface area contributed by atoms with Crippen LogP contribution >= 0.6 is 0 Å². The van der Waals surface area contributed by atoms with Gasteiger partial charge in [0.2, 0.25) is 5.60 Å². The van der Waals surface area contributed by atoms with Gasteiger partial charge in [0.05, 0.1) is 21.4 Å². The number of rotatable bonds is 2. The molecule has 2 atom stereocenters. The molecule has 2 N–H and O–H groups in total. The molecule has 1 aliphatic rings. The highest BCUT2D eigenvalue weighted by Gasteiger charge is 2.55. The van der Waals surface area contributed by atoms with Crippen LogP contribution in [0.25, 0.3) is 0 Å². The number of anilines is 1. The number of ketones is 1. The van der Waals surface area contributed by atoms with Gasteiger partial charge in [-0.05, 0) is 30.7 Å². The number of halogens is 3. The Hall–Kier alpha value is -2.52. The third kappa shape index (κ3) is 3.40. The standard InChI is InChI=1S/C18H14F3NO4S/c1-17(25,18(19,20)21)16(24)22-11-6-7-13-14(8-11)27(26)9-10-4-2-3-5-12(10)15(13)23/h2-8,25H,9H2,1H3,(H,22,24). The van der Waals surface area contributed by atoms with E-state index in [2.05, 4.69) is 0 Å². The third-order valence-electron chi connectivity index (χ3n) is 4.27. The average Bonchev–Trinajstić information content (AvgIpc) is 2.69. The molecule has 27 heavy (non-hydrogen) atoms. The van der Waals surface area contributed by atoms with Gasteiger partial charge in [0, 0.05) is 16.8 Å². The van der Waals surface area contributed by atoms with Gasteiger partial charge in [0.1, 0.15) is 0 Å². The van der Waals surface area contributed by atoms with Gasteiger partial charge >= 0.3 is 6.18 Å². The molecule has 2 aromatic rings. The Morgan fingerprint density at radius 2 is 1.81 bits per heavy atom. The van der Waals surface area contributed by atoms with Crippen LogP contribution in [0.15, 0.2) is 47.4 Å². The van der Waals surface area contributed by atoms with E-state index in [9.17, 15) is 32.1 Å². The molecule has 5 nitrogen and oxygen atoms in total. The van der Waals surface area contributed by atoms with Crippen LogP contribution < -0.4 is 5.32 Å². The summed E-state index contributed by atoms with van der Waals surface area (Å²) in [6, 6.07) is 10.4. The number of benzene rings is 2. The van der Waals surface area contributed by atoms with E-state index in [0.29, 0.717) is 18.1 Å². The van der Waals surface area contributed by atoms with Gasteiger partial charge in [0.25, 0.3) is 5.91 Å². The van der Waals surface area contributed by atoms with E-state index in [1.807, 2.05) is 5.32 Å². The van der Waals surface area contributed by atoms with Crippen LogP contribution in [0.3, 0.4) is 0 Å². The highest BCUT2D eigenvalue weighted by molar-refractivity contribution is 7.84. The highest BCUT2D eigenvalue weighted by atomic mass is 32.2.